The van der Waals surface area contributed by atoms with E-state index in [4.69, 9.17) is 0 Å². The van der Waals surface area contributed by atoms with Gasteiger partial charge in [0.05, 0.1) is 5.56 Å². The Kier molecular flexibility index (Phi) is 2.96. The zero-order valence-corrected chi connectivity index (χ0v) is 12.7. The molecule has 0 spiro atoms. The molecule has 0 radical (unpaired) electrons. The Bertz CT molecular complexity index is 695. The molecule has 2 unspecified atom stereocenters. The first kappa shape index (κ1) is 12.8. The van der Waals surface area contributed by atoms with Gasteiger partial charge in [-0.05, 0) is 48.4 Å². The highest BCUT2D eigenvalue weighted by Gasteiger charge is 2.32. The van der Waals surface area contributed by atoms with Gasteiger partial charge in [0.2, 0.25) is 0 Å². The first-order valence-corrected chi connectivity index (χ1v) is 8.16. The Morgan fingerprint density at radius 2 is 2.10 bits per heavy atom. The van der Waals surface area contributed by atoms with Crippen LogP contribution in [0, 0.1) is 5.92 Å². The van der Waals surface area contributed by atoms with Gasteiger partial charge in [-0.15, -0.1) is 11.3 Å². The Morgan fingerprint density at radius 1 is 1.29 bits per heavy atom. The molecule has 1 aliphatic heterocycles. The SMILES string of the molecule is CC1CCc2c(sc3c2C(=O)NC(c2ccncc2)N3)C1. The van der Waals surface area contributed by atoms with Crippen LogP contribution in [0.3, 0.4) is 0 Å². The van der Waals surface area contributed by atoms with Crippen molar-refractivity contribution >= 4 is 22.2 Å². The summed E-state index contributed by atoms with van der Waals surface area (Å²) in [4.78, 5) is 17.9. The minimum absolute atomic E-state index is 0.0533. The molecule has 0 fully saturated rings. The van der Waals surface area contributed by atoms with E-state index in [-0.39, 0.29) is 12.1 Å². The van der Waals surface area contributed by atoms with Crippen LogP contribution in [-0.2, 0) is 12.8 Å². The topological polar surface area (TPSA) is 54.0 Å². The number of anilines is 1. The molecule has 0 saturated carbocycles. The third kappa shape index (κ3) is 2.12. The maximum atomic E-state index is 12.5. The zero-order valence-electron chi connectivity index (χ0n) is 11.8. The van der Waals surface area contributed by atoms with Gasteiger partial charge in [-0.2, -0.15) is 0 Å². The summed E-state index contributed by atoms with van der Waals surface area (Å²) in [7, 11) is 0. The molecule has 108 valence electrons. The van der Waals surface area contributed by atoms with Crippen LogP contribution in [-0.4, -0.2) is 10.9 Å². The molecule has 4 rings (SSSR count). The van der Waals surface area contributed by atoms with Crippen molar-refractivity contribution in [1.29, 1.82) is 0 Å². The van der Waals surface area contributed by atoms with Crippen molar-refractivity contribution in [1.82, 2.24) is 10.3 Å². The van der Waals surface area contributed by atoms with E-state index in [2.05, 4.69) is 22.5 Å². The van der Waals surface area contributed by atoms with Gasteiger partial charge in [-0.3, -0.25) is 9.78 Å². The normalized spacial score (nSPS) is 23.8. The molecule has 2 aliphatic rings. The van der Waals surface area contributed by atoms with Crippen molar-refractivity contribution < 1.29 is 4.79 Å². The van der Waals surface area contributed by atoms with Crippen LogP contribution in [0.15, 0.2) is 24.5 Å². The maximum absolute atomic E-state index is 12.5. The summed E-state index contributed by atoms with van der Waals surface area (Å²) >= 11 is 1.76. The molecule has 2 atom stereocenters. The van der Waals surface area contributed by atoms with Gasteiger partial charge >= 0.3 is 0 Å². The molecule has 0 bridgehead atoms. The van der Waals surface area contributed by atoms with E-state index < -0.39 is 0 Å². The number of nitrogens with zero attached hydrogens (tertiary/aromatic N) is 1. The van der Waals surface area contributed by atoms with Gasteiger partial charge in [-0.1, -0.05) is 6.92 Å². The Morgan fingerprint density at radius 3 is 2.90 bits per heavy atom. The minimum Gasteiger partial charge on any atom is -0.353 e. The second-order valence-electron chi connectivity index (χ2n) is 5.89. The zero-order chi connectivity index (χ0) is 14.4. The van der Waals surface area contributed by atoms with Crippen molar-refractivity contribution in [2.45, 2.75) is 32.4 Å². The molecule has 3 heterocycles. The molecule has 2 aromatic heterocycles. The van der Waals surface area contributed by atoms with Crippen LogP contribution in [0.2, 0.25) is 0 Å². The third-order valence-electron chi connectivity index (χ3n) is 4.33. The lowest BCUT2D eigenvalue weighted by molar-refractivity contribution is 0.0935. The van der Waals surface area contributed by atoms with Crippen molar-refractivity contribution in [2.75, 3.05) is 5.32 Å². The van der Waals surface area contributed by atoms with Gasteiger partial charge in [0.1, 0.15) is 11.2 Å². The number of carbonyl (C=O) groups is 1. The summed E-state index contributed by atoms with van der Waals surface area (Å²) < 4.78 is 0. The van der Waals surface area contributed by atoms with Gasteiger partial charge in [-0.25, -0.2) is 0 Å². The number of thiophene rings is 1. The fourth-order valence-corrected chi connectivity index (χ4v) is 4.62. The molecule has 0 saturated heterocycles. The summed E-state index contributed by atoms with van der Waals surface area (Å²) in [6, 6.07) is 3.86. The minimum atomic E-state index is -0.162. The number of fused-ring (bicyclic) bond motifs is 3. The summed E-state index contributed by atoms with van der Waals surface area (Å²) in [5.74, 6) is 0.772. The maximum Gasteiger partial charge on any atom is 0.256 e. The fraction of sp³-hybridized carbons (Fsp3) is 0.375. The lowest BCUT2D eigenvalue weighted by Gasteiger charge is -2.26. The van der Waals surface area contributed by atoms with Crippen LogP contribution in [0.5, 0.6) is 0 Å². The molecule has 4 nitrogen and oxygen atoms in total. The molecule has 5 heteroatoms. The molecule has 2 aromatic rings. The van der Waals surface area contributed by atoms with Crippen LogP contribution in [0.4, 0.5) is 5.00 Å². The van der Waals surface area contributed by atoms with E-state index in [0.29, 0.717) is 0 Å². The number of aromatic nitrogens is 1. The first-order valence-electron chi connectivity index (χ1n) is 7.34. The fourth-order valence-electron chi connectivity index (χ4n) is 3.19. The van der Waals surface area contributed by atoms with Crippen LogP contribution in [0.25, 0.3) is 0 Å². The van der Waals surface area contributed by atoms with Gasteiger partial charge in [0, 0.05) is 17.3 Å². The number of hydrogen-bond donors (Lipinski definition) is 2. The summed E-state index contributed by atoms with van der Waals surface area (Å²) in [6.07, 6.45) is 6.64. The highest BCUT2D eigenvalue weighted by molar-refractivity contribution is 7.16. The van der Waals surface area contributed by atoms with Crippen LogP contribution < -0.4 is 10.6 Å². The molecule has 2 N–H and O–H groups in total. The Hall–Kier alpha value is -1.88. The first-order chi connectivity index (χ1) is 10.2. The Labute approximate surface area is 127 Å². The summed E-state index contributed by atoms with van der Waals surface area (Å²) in [6.45, 7) is 2.29. The largest absolute Gasteiger partial charge is 0.353 e. The number of carbonyl (C=O) groups excluding carboxylic acids is 1. The molecular formula is C16H17N3OS. The number of amides is 1. The average Bonchev–Trinajstić information content (AvgIpc) is 2.85. The predicted molar refractivity (Wildman–Crippen MR) is 83.6 cm³/mol. The van der Waals surface area contributed by atoms with E-state index in [1.807, 2.05) is 12.1 Å². The van der Waals surface area contributed by atoms with Crippen molar-refractivity contribution in [3.63, 3.8) is 0 Å². The van der Waals surface area contributed by atoms with Crippen molar-refractivity contribution in [3.8, 4) is 0 Å². The molecule has 1 aliphatic carbocycles. The standard InChI is InChI=1S/C16H17N3OS/c1-9-2-3-11-12(8-9)21-16-13(11)15(20)18-14(19-16)10-4-6-17-7-5-10/h4-7,9,14,19H,2-3,8H2,1H3,(H,18,20). The van der Waals surface area contributed by atoms with E-state index in [1.165, 1.54) is 16.9 Å². The van der Waals surface area contributed by atoms with Gasteiger partial charge in [0.25, 0.3) is 5.91 Å². The van der Waals surface area contributed by atoms with Crippen LogP contribution in [0.1, 0.15) is 45.9 Å². The Balaban J connectivity index is 1.71. The number of rotatable bonds is 1. The highest BCUT2D eigenvalue weighted by atomic mass is 32.1. The molecule has 21 heavy (non-hydrogen) atoms. The second-order valence-corrected chi connectivity index (χ2v) is 6.99. The summed E-state index contributed by atoms with van der Waals surface area (Å²) in [5, 5.41) is 7.57. The quantitative estimate of drug-likeness (QED) is 0.850. The van der Waals surface area contributed by atoms with Crippen molar-refractivity contribution in [2.24, 2.45) is 5.92 Å². The third-order valence-corrected chi connectivity index (χ3v) is 5.51. The molecular weight excluding hydrogens is 282 g/mol. The lowest BCUT2D eigenvalue weighted by Crippen LogP contribution is -2.38. The van der Waals surface area contributed by atoms with E-state index in [9.17, 15) is 4.79 Å². The number of hydrogen-bond acceptors (Lipinski definition) is 4. The summed E-state index contributed by atoms with van der Waals surface area (Å²) in [5.41, 5.74) is 3.18. The average molecular weight is 299 g/mol. The van der Waals surface area contributed by atoms with Crippen LogP contribution >= 0.6 is 11.3 Å². The van der Waals surface area contributed by atoms with E-state index >= 15 is 0 Å². The number of nitrogens with one attached hydrogen (secondary N) is 2. The van der Waals surface area contributed by atoms with E-state index in [0.717, 1.165) is 34.9 Å². The van der Waals surface area contributed by atoms with Gasteiger partial charge in [0.15, 0.2) is 0 Å². The van der Waals surface area contributed by atoms with Gasteiger partial charge < -0.3 is 10.6 Å². The predicted octanol–water partition coefficient (Wildman–Crippen LogP) is 3.12. The highest BCUT2D eigenvalue weighted by Crippen LogP contribution is 2.42. The smallest absolute Gasteiger partial charge is 0.256 e. The van der Waals surface area contributed by atoms with Crippen molar-refractivity contribution in [3.05, 3.63) is 46.1 Å². The van der Waals surface area contributed by atoms with E-state index in [1.54, 1.807) is 23.7 Å². The monoisotopic (exact) mass is 299 g/mol. The molecule has 1 amide bonds. The lowest BCUT2D eigenvalue weighted by atomic mass is 9.88. The number of pyridine rings is 1. The second kappa shape index (κ2) is 4.84. The molecule has 0 aromatic carbocycles.